The lowest BCUT2D eigenvalue weighted by Crippen LogP contribution is -2.63. The zero-order valence-corrected chi connectivity index (χ0v) is 11.2. The molecule has 0 aliphatic heterocycles. The number of carbonyl (C=O) groups excluding carboxylic acids is 1. The van der Waals surface area contributed by atoms with Crippen molar-refractivity contribution in [2.24, 2.45) is 11.8 Å². The van der Waals surface area contributed by atoms with Crippen molar-refractivity contribution < 1.29 is 14.5 Å². The van der Waals surface area contributed by atoms with E-state index in [1.54, 1.807) is 6.92 Å². The van der Waals surface area contributed by atoms with E-state index in [9.17, 15) is 14.9 Å². The third kappa shape index (κ3) is 1.86. The SMILES string of the molecule is C=C(C)C(=O)OC12CC3CC(C1)CC([N+](=O)[O-])(C3)C2. The first-order chi connectivity index (χ1) is 8.84. The lowest BCUT2D eigenvalue weighted by atomic mass is 9.51. The number of carbonyl (C=O) groups is 1. The maximum absolute atomic E-state index is 11.8. The number of rotatable bonds is 3. The summed E-state index contributed by atoms with van der Waals surface area (Å²) in [5.74, 6) is 0.273. The molecule has 2 atom stereocenters. The van der Waals surface area contributed by atoms with Gasteiger partial charge in [0.2, 0.25) is 5.54 Å². The van der Waals surface area contributed by atoms with E-state index >= 15 is 0 Å². The van der Waals surface area contributed by atoms with Crippen LogP contribution in [-0.4, -0.2) is 22.0 Å². The maximum Gasteiger partial charge on any atom is 0.333 e. The molecule has 4 bridgehead atoms. The summed E-state index contributed by atoms with van der Waals surface area (Å²) in [5, 5.41) is 11.5. The molecule has 2 unspecified atom stereocenters. The highest BCUT2D eigenvalue weighted by atomic mass is 16.6. The maximum atomic E-state index is 11.8. The van der Waals surface area contributed by atoms with E-state index in [2.05, 4.69) is 6.58 Å². The van der Waals surface area contributed by atoms with E-state index in [0.29, 0.717) is 36.7 Å². The van der Waals surface area contributed by atoms with Crippen LogP contribution in [0.3, 0.4) is 0 Å². The van der Waals surface area contributed by atoms with Crippen LogP contribution in [0.2, 0.25) is 0 Å². The second-order valence-corrected chi connectivity index (χ2v) is 6.80. The number of nitrogens with zero attached hydrogens (tertiary/aromatic N) is 1. The Morgan fingerprint density at radius 3 is 2.37 bits per heavy atom. The van der Waals surface area contributed by atoms with Gasteiger partial charge in [-0.25, -0.2) is 4.79 Å². The highest BCUT2D eigenvalue weighted by Crippen LogP contribution is 2.60. The molecule has 0 radical (unpaired) electrons. The van der Waals surface area contributed by atoms with Gasteiger partial charge in [0.15, 0.2) is 0 Å². The van der Waals surface area contributed by atoms with E-state index in [1.165, 1.54) is 0 Å². The van der Waals surface area contributed by atoms with Crippen LogP contribution in [0.5, 0.6) is 0 Å². The summed E-state index contributed by atoms with van der Waals surface area (Å²) >= 11 is 0. The van der Waals surface area contributed by atoms with Gasteiger partial charge in [0.1, 0.15) is 5.60 Å². The molecule has 0 amide bonds. The van der Waals surface area contributed by atoms with E-state index in [1.807, 2.05) is 0 Å². The predicted molar refractivity (Wildman–Crippen MR) is 68.0 cm³/mol. The monoisotopic (exact) mass is 265 g/mol. The van der Waals surface area contributed by atoms with Crippen LogP contribution in [0.15, 0.2) is 12.2 Å². The average molecular weight is 265 g/mol. The van der Waals surface area contributed by atoms with Crippen molar-refractivity contribution in [2.45, 2.75) is 56.6 Å². The highest BCUT2D eigenvalue weighted by Gasteiger charge is 2.65. The van der Waals surface area contributed by atoms with Crippen molar-refractivity contribution >= 4 is 5.97 Å². The molecule has 5 heteroatoms. The summed E-state index contributed by atoms with van der Waals surface area (Å²) < 4.78 is 5.64. The van der Waals surface area contributed by atoms with Crippen LogP contribution in [0.25, 0.3) is 0 Å². The molecule has 0 aromatic carbocycles. The molecule has 0 aromatic heterocycles. The van der Waals surface area contributed by atoms with Crippen molar-refractivity contribution in [3.63, 3.8) is 0 Å². The molecule has 104 valence electrons. The van der Waals surface area contributed by atoms with Crippen molar-refractivity contribution in [3.8, 4) is 0 Å². The molecule has 5 nitrogen and oxygen atoms in total. The lowest BCUT2D eigenvalue weighted by Gasteiger charge is -2.56. The van der Waals surface area contributed by atoms with Crippen LogP contribution in [0.1, 0.15) is 45.4 Å². The van der Waals surface area contributed by atoms with E-state index in [-0.39, 0.29) is 4.92 Å². The molecular weight excluding hydrogens is 246 g/mol. The number of esters is 1. The van der Waals surface area contributed by atoms with Crippen LogP contribution in [-0.2, 0) is 9.53 Å². The Morgan fingerprint density at radius 2 is 1.89 bits per heavy atom. The minimum Gasteiger partial charge on any atom is -0.455 e. The van der Waals surface area contributed by atoms with Crippen LogP contribution < -0.4 is 0 Å². The Balaban J connectivity index is 1.89. The minimum atomic E-state index is -0.848. The Labute approximate surface area is 112 Å². The van der Waals surface area contributed by atoms with Gasteiger partial charge in [0.05, 0.1) is 6.42 Å². The molecule has 4 rings (SSSR count). The zero-order valence-electron chi connectivity index (χ0n) is 11.2. The number of nitro groups is 1. The molecule has 0 heterocycles. The van der Waals surface area contributed by atoms with Crippen LogP contribution in [0, 0.1) is 22.0 Å². The molecular formula is C14H19NO4. The van der Waals surface area contributed by atoms with Crippen LogP contribution >= 0.6 is 0 Å². The van der Waals surface area contributed by atoms with Crippen molar-refractivity contribution in [2.75, 3.05) is 0 Å². The van der Waals surface area contributed by atoms with Crippen molar-refractivity contribution in [3.05, 3.63) is 22.3 Å². The van der Waals surface area contributed by atoms with Gasteiger partial charge in [-0.1, -0.05) is 6.58 Å². The van der Waals surface area contributed by atoms with E-state index in [0.717, 1.165) is 19.3 Å². The smallest absolute Gasteiger partial charge is 0.333 e. The molecule has 0 saturated heterocycles. The summed E-state index contributed by atoms with van der Waals surface area (Å²) in [4.78, 5) is 23.2. The quantitative estimate of drug-likeness (QED) is 0.340. The summed E-state index contributed by atoms with van der Waals surface area (Å²) in [7, 11) is 0. The first kappa shape index (κ1) is 12.6. The summed E-state index contributed by atoms with van der Waals surface area (Å²) in [5.41, 5.74) is -1.09. The van der Waals surface area contributed by atoms with Crippen molar-refractivity contribution in [1.29, 1.82) is 0 Å². The van der Waals surface area contributed by atoms with Crippen molar-refractivity contribution in [1.82, 2.24) is 0 Å². The molecule has 4 fully saturated rings. The first-order valence-electron chi connectivity index (χ1n) is 6.88. The molecule has 0 aromatic rings. The Hall–Kier alpha value is -1.39. The fourth-order valence-electron chi connectivity index (χ4n) is 4.75. The second kappa shape index (κ2) is 3.81. The third-order valence-corrected chi connectivity index (χ3v) is 5.02. The normalized spacial score (nSPS) is 43.0. The minimum absolute atomic E-state index is 0.117. The number of ether oxygens (including phenoxy) is 1. The third-order valence-electron chi connectivity index (χ3n) is 5.02. The molecule has 0 N–H and O–H groups in total. The Morgan fingerprint density at radius 1 is 1.32 bits per heavy atom. The highest BCUT2D eigenvalue weighted by molar-refractivity contribution is 5.87. The summed E-state index contributed by atoms with van der Waals surface area (Å²) in [6, 6.07) is 0. The van der Waals surface area contributed by atoms with Gasteiger partial charge < -0.3 is 4.74 Å². The molecule has 4 aliphatic carbocycles. The number of hydrogen-bond donors (Lipinski definition) is 0. The predicted octanol–water partition coefficient (Wildman–Crippen LogP) is 2.47. The Bertz CT molecular complexity index is 456. The van der Waals surface area contributed by atoms with Gasteiger partial charge in [0.25, 0.3) is 0 Å². The summed E-state index contributed by atoms with van der Waals surface area (Å²) in [6.45, 7) is 5.21. The standard InChI is InChI=1S/C14H19NO4/c1-9(2)12(16)19-14-6-10-3-11(7-14)5-13(4-10,8-14)15(17)18/h10-11H,1,3-8H2,2H3. The lowest BCUT2D eigenvalue weighted by molar-refractivity contribution is -0.592. The van der Waals surface area contributed by atoms with E-state index in [4.69, 9.17) is 4.74 Å². The van der Waals surface area contributed by atoms with E-state index < -0.39 is 17.1 Å². The summed E-state index contributed by atoms with van der Waals surface area (Å²) in [6.07, 6.45) is 4.34. The zero-order chi connectivity index (χ0) is 13.8. The van der Waals surface area contributed by atoms with Gasteiger partial charge in [-0.05, 0) is 38.0 Å². The van der Waals surface area contributed by atoms with Gasteiger partial charge in [0, 0.05) is 23.3 Å². The van der Waals surface area contributed by atoms with Crippen LogP contribution in [0.4, 0.5) is 0 Å². The topological polar surface area (TPSA) is 69.4 Å². The molecule has 0 spiro atoms. The fraction of sp³-hybridized carbons (Fsp3) is 0.786. The molecule has 4 aliphatic rings. The second-order valence-electron chi connectivity index (χ2n) is 6.80. The average Bonchev–Trinajstić information content (AvgIpc) is 2.25. The van der Waals surface area contributed by atoms with Gasteiger partial charge in [-0.2, -0.15) is 0 Å². The van der Waals surface area contributed by atoms with Gasteiger partial charge in [-0.15, -0.1) is 0 Å². The van der Waals surface area contributed by atoms with Gasteiger partial charge >= 0.3 is 5.97 Å². The largest absolute Gasteiger partial charge is 0.455 e. The number of hydrogen-bond acceptors (Lipinski definition) is 4. The first-order valence-corrected chi connectivity index (χ1v) is 6.88. The fourth-order valence-corrected chi connectivity index (χ4v) is 4.75. The molecule has 4 saturated carbocycles. The molecule has 19 heavy (non-hydrogen) atoms. The van der Waals surface area contributed by atoms with Gasteiger partial charge in [-0.3, -0.25) is 10.1 Å². The Kier molecular flexibility index (Phi) is 2.53.